The van der Waals surface area contributed by atoms with Crippen LogP contribution in [0.1, 0.15) is 39.0 Å². The van der Waals surface area contributed by atoms with E-state index in [2.05, 4.69) is 26.8 Å². The number of nitrogens with two attached hydrogens (primary N) is 1. The van der Waals surface area contributed by atoms with Crippen LogP contribution in [0.15, 0.2) is 34.6 Å². The van der Waals surface area contributed by atoms with Gasteiger partial charge < -0.3 is 10.6 Å². The molecule has 5 rings (SSSR count). The van der Waals surface area contributed by atoms with Crippen molar-refractivity contribution in [1.82, 2.24) is 15.0 Å². The van der Waals surface area contributed by atoms with Gasteiger partial charge in [-0.25, -0.2) is 15.0 Å². The van der Waals surface area contributed by atoms with Gasteiger partial charge in [0.1, 0.15) is 16.7 Å². The summed E-state index contributed by atoms with van der Waals surface area (Å²) in [5.41, 5.74) is 7.05. The fourth-order valence-electron chi connectivity index (χ4n) is 5.24. The van der Waals surface area contributed by atoms with Gasteiger partial charge in [0.2, 0.25) is 0 Å². The number of anilines is 2. The van der Waals surface area contributed by atoms with E-state index in [1.165, 1.54) is 43.9 Å². The van der Waals surface area contributed by atoms with Crippen LogP contribution in [0.3, 0.4) is 0 Å². The molecule has 3 fully saturated rings. The zero-order valence-corrected chi connectivity index (χ0v) is 17.1. The quantitative estimate of drug-likeness (QED) is 0.806. The van der Waals surface area contributed by atoms with Crippen molar-refractivity contribution in [1.29, 1.82) is 0 Å². The van der Waals surface area contributed by atoms with E-state index in [0.717, 1.165) is 34.7 Å². The lowest BCUT2D eigenvalue weighted by Crippen LogP contribution is -2.40. The Balaban J connectivity index is 1.23. The van der Waals surface area contributed by atoms with Gasteiger partial charge in [-0.15, -0.1) is 0 Å². The Bertz CT molecular complexity index is 865. The van der Waals surface area contributed by atoms with Crippen LogP contribution in [0.25, 0.3) is 0 Å². The summed E-state index contributed by atoms with van der Waals surface area (Å²) in [4.78, 5) is 16.5. The number of hydrogen-bond acceptors (Lipinski definition) is 6. The molecule has 142 valence electrons. The number of nitrogen functional groups attached to an aromatic ring is 1. The van der Waals surface area contributed by atoms with Crippen LogP contribution < -0.4 is 10.6 Å². The van der Waals surface area contributed by atoms with E-state index < -0.39 is 0 Å². The molecule has 1 unspecified atom stereocenters. The zero-order chi connectivity index (χ0) is 18.6. The summed E-state index contributed by atoms with van der Waals surface area (Å²) in [6, 6.07) is 1.84. The molecular formula is C20H24ClN5S. The lowest BCUT2D eigenvalue weighted by molar-refractivity contribution is 0.189. The Hall–Kier alpha value is -1.53. The Kier molecular flexibility index (Phi) is 4.06. The first kappa shape index (κ1) is 17.6. The van der Waals surface area contributed by atoms with Crippen molar-refractivity contribution in [3.05, 3.63) is 29.7 Å². The maximum absolute atomic E-state index is 6.21. The molecule has 3 aliphatic rings. The molecule has 2 aromatic rings. The SMILES string of the molecule is C[C@@]12CC1CC1(CCN(c3cnc(Sc4ccnc(N)c4Cl)cn3)CC1)C2. The van der Waals surface area contributed by atoms with Gasteiger partial charge in [0.15, 0.2) is 0 Å². The molecule has 3 heterocycles. The first-order chi connectivity index (χ1) is 13.0. The smallest absolute Gasteiger partial charge is 0.147 e. The van der Waals surface area contributed by atoms with E-state index in [4.69, 9.17) is 17.3 Å². The largest absolute Gasteiger partial charge is 0.382 e. The minimum atomic E-state index is 0.340. The third kappa shape index (κ3) is 3.17. The van der Waals surface area contributed by atoms with Crippen LogP contribution >= 0.6 is 23.4 Å². The predicted octanol–water partition coefficient (Wildman–Crippen LogP) is 4.67. The second-order valence-corrected chi connectivity index (χ2v) is 10.2. The molecule has 5 nitrogen and oxygen atoms in total. The predicted molar refractivity (Wildman–Crippen MR) is 109 cm³/mol. The number of fused-ring (bicyclic) bond motifs is 1. The Morgan fingerprint density at radius 2 is 2.00 bits per heavy atom. The Morgan fingerprint density at radius 3 is 2.67 bits per heavy atom. The lowest BCUT2D eigenvalue weighted by atomic mass is 9.73. The van der Waals surface area contributed by atoms with Crippen molar-refractivity contribution in [3.63, 3.8) is 0 Å². The average molecular weight is 402 g/mol. The molecular weight excluding hydrogens is 378 g/mol. The third-order valence-corrected chi connectivity index (χ3v) is 8.34. The number of nitrogens with zero attached hydrogens (tertiary/aromatic N) is 4. The minimum Gasteiger partial charge on any atom is -0.382 e. The van der Waals surface area contributed by atoms with Crippen LogP contribution in [0.5, 0.6) is 0 Å². The van der Waals surface area contributed by atoms with Crippen LogP contribution in [0.2, 0.25) is 5.02 Å². The number of aromatic nitrogens is 3. The van der Waals surface area contributed by atoms with Gasteiger partial charge in [-0.1, -0.05) is 30.3 Å². The van der Waals surface area contributed by atoms with Crippen LogP contribution in [-0.2, 0) is 0 Å². The Morgan fingerprint density at radius 1 is 1.19 bits per heavy atom. The van der Waals surface area contributed by atoms with Gasteiger partial charge in [-0.3, -0.25) is 0 Å². The third-order valence-electron chi connectivity index (χ3n) is 6.85. The fourth-order valence-corrected chi connectivity index (χ4v) is 6.23. The summed E-state index contributed by atoms with van der Waals surface area (Å²) >= 11 is 7.67. The summed E-state index contributed by atoms with van der Waals surface area (Å²) in [6.45, 7) is 4.68. The Labute approximate surface area is 169 Å². The summed E-state index contributed by atoms with van der Waals surface area (Å²) in [6.07, 6.45) is 12.3. The molecule has 0 amide bonds. The average Bonchev–Trinajstić information content (AvgIpc) is 3.19. The molecule has 27 heavy (non-hydrogen) atoms. The number of pyridine rings is 1. The molecule has 7 heteroatoms. The van der Waals surface area contributed by atoms with Crippen molar-refractivity contribution in [2.24, 2.45) is 16.7 Å². The summed E-state index contributed by atoms with van der Waals surface area (Å²) < 4.78 is 0. The zero-order valence-electron chi connectivity index (χ0n) is 15.5. The maximum atomic E-state index is 6.21. The molecule has 2 aliphatic carbocycles. The highest BCUT2D eigenvalue weighted by Crippen LogP contribution is 2.71. The van der Waals surface area contributed by atoms with Gasteiger partial charge in [0.05, 0.1) is 17.4 Å². The molecule has 1 spiro atoms. The molecule has 1 saturated heterocycles. The standard InChI is InChI=1S/C20H24ClN5S/c1-19-8-13(19)9-20(12-19)3-6-26(7-4-20)15-10-25-16(11-24-15)27-14-2-5-23-18(22)17(14)21/h2,5,10-11,13H,3-4,6-9,12H2,1H3,(H2,22,23)/t13?,19-/m0/s1. The number of piperidine rings is 1. The van der Waals surface area contributed by atoms with Crippen molar-refractivity contribution >= 4 is 35.0 Å². The van der Waals surface area contributed by atoms with Gasteiger partial charge in [0.25, 0.3) is 0 Å². The summed E-state index contributed by atoms with van der Waals surface area (Å²) in [5.74, 6) is 2.32. The van der Waals surface area contributed by atoms with Crippen LogP contribution in [0.4, 0.5) is 11.6 Å². The number of rotatable bonds is 3. The normalized spacial score (nSPS) is 28.4. The van der Waals surface area contributed by atoms with Crippen molar-refractivity contribution in [2.45, 2.75) is 48.9 Å². The van der Waals surface area contributed by atoms with Crippen LogP contribution in [0, 0.1) is 16.7 Å². The van der Waals surface area contributed by atoms with Gasteiger partial charge in [0, 0.05) is 24.2 Å². The second kappa shape index (κ2) is 6.24. The molecule has 0 bridgehead atoms. The van der Waals surface area contributed by atoms with Gasteiger partial charge in [-0.05, 0) is 54.9 Å². The topological polar surface area (TPSA) is 67.9 Å². The number of halogens is 1. The first-order valence-electron chi connectivity index (χ1n) is 9.61. The van der Waals surface area contributed by atoms with E-state index in [9.17, 15) is 0 Å². The highest BCUT2D eigenvalue weighted by Gasteiger charge is 2.62. The molecule has 2 aromatic heterocycles. The van der Waals surface area contributed by atoms with Crippen molar-refractivity contribution < 1.29 is 0 Å². The fraction of sp³-hybridized carbons (Fsp3) is 0.550. The molecule has 0 aromatic carbocycles. The van der Waals surface area contributed by atoms with E-state index >= 15 is 0 Å². The number of hydrogen-bond donors (Lipinski definition) is 1. The highest BCUT2D eigenvalue weighted by molar-refractivity contribution is 7.99. The van der Waals surface area contributed by atoms with Crippen molar-refractivity contribution in [2.75, 3.05) is 23.7 Å². The molecule has 2 N–H and O–H groups in total. The monoisotopic (exact) mass is 401 g/mol. The molecule has 2 atom stereocenters. The highest BCUT2D eigenvalue weighted by atomic mass is 35.5. The molecule has 2 saturated carbocycles. The van der Waals surface area contributed by atoms with Gasteiger partial charge >= 0.3 is 0 Å². The van der Waals surface area contributed by atoms with E-state index in [0.29, 0.717) is 21.7 Å². The lowest BCUT2D eigenvalue weighted by Gasteiger charge is -2.41. The maximum Gasteiger partial charge on any atom is 0.147 e. The second-order valence-electron chi connectivity index (χ2n) is 8.75. The van der Waals surface area contributed by atoms with Crippen molar-refractivity contribution in [3.8, 4) is 0 Å². The van der Waals surface area contributed by atoms with E-state index in [-0.39, 0.29) is 0 Å². The van der Waals surface area contributed by atoms with E-state index in [1.54, 1.807) is 6.20 Å². The first-order valence-corrected chi connectivity index (χ1v) is 10.8. The molecule has 1 aliphatic heterocycles. The van der Waals surface area contributed by atoms with Gasteiger partial charge in [-0.2, -0.15) is 0 Å². The molecule has 0 radical (unpaired) electrons. The van der Waals surface area contributed by atoms with E-state index in [1.807, 2.05) is 18.5 Å². The van der Waals surface area contributed by atoms with Crippen LogP contribution in [-0.4, -0.2) is 28.0 Å². The minimum absolute atomic E-state index is 0.340. The summed E-state index contributed by atoms with van der Waals surface area (Å²) in [5, 5.41) is 1.28. The summed E-state index contributed by atoms with van der Waals surface area (Å²) in [7, 11) is 0.